The number of aromatic nitrogens is 1. The van der Waals surface area contributed by atoms with E-state index in [4.69, 9.17) is 9.15 Å². The number of nitrogens with zero attached hydrogens (tertiary/aromatic N) is 2. The van der Waals surface area contributed by atoms with Crippen LogP contribution in [0.4, 0.5) is 15.8 Å². The summed E-state index contributed by atoms with van der Waals surface area (Å²) in [5.74, 6) is -2.34. The quantitative estimate of drug-likeness (QED) is 0.618. The first kappa shape index (κ1) is 20.5. The van der Waals surface area contributed by atoms with Gasteiger partial charge in [-0.3, -0.25) is 14.6 Å². The molecule has 0 aliphatic carbocycles. The molecule has 9 nitrogen and oxygen atoms in total. The summed E-state index contributed by atoms with van der Waals surface area (Å²) in [7, 11) is 1.40. The Morgan fingerprint density at radius 2 is 2.03 bits per heavy atom. The van der Waals surface area contributed by atoms with Crippen molar-refractivity contribution in [3.63, 3.8) is 0 Å². The van der Waals surface area contributed by atoms with E-state index in [0.29, 0.717) is 36.5 Å². The largest absolute Gasteiger partial charge is 0.494 e. The molecule has 1 fully saturated rings. The van der Waals surface area contributed by atoms with Crippen molar-refractivity contribution in [2.75, 3.05) is 37.0 Å². The van der Waals surface area contributed by atoms with E-state index in [0.717, 1.165) is 0 Å². The molecule has 2 heterocycles. The Labute approximate surface area is 176 Å². The van der Waals surface area contributed by atoms with E-state index < -0.39 is 23.4 Å². The summed E-state index contributed by atoms with van der Waals surface area (Å²) in [6.45, 7) is 3.05. The summed E-state index contributed by atoms with van der Waals surface area (Å²) in [6.07, 6.45) is 0. The first-order valence-electron chi connectivity index (χ1n) is 9.69. The topological polar surface area (TPSA) is 108 Å². The number of ether oxygens (including phenoxy) is 1. The molecule has 2 aromatic carbocycles. The van der Waals surface area contributed by atoms with Crippen LogP contribution in [0.25, 0.3) is 11.1 Å². The number of piperazine rings is 1. The van der Waals surface area contributed by atoms with Crippen LogP contribution in [0.2, 0.25) is 0 Å². The highest BCUT2D eigenvalue weighted by Gasteiger charge is 2.31. The molecule has 0 radical (unpaired) electrons. The second-order valence-corrected chi connectivity index (χ2v) is 7.29. The number of rotatable bonds is 3. The van der Waals surface area contributed by atoms with Gasteiger partial charge in [0.15, 0.2) is 17.1 Å². The Morgan fingerprint density at radius 1 is 1.23 bits per heavy atom. The molecule has 1 aliphatic heterocycles. The van der Waals surface area contributed by atoms with Gasteiger partial charge >= 0.3 is 17.6 Å². The smallest absolute Gasteiger partial charge is 0.417 e. The van der Waals surface area contributed by atoms with Crippen LogP contribution in [0.5, 0.6) is 5.75 Å². The van der Waals surface area contributed by atoms with Crippen molar-refractivity contribution < 1.29 is 23.1 Å². The lowest BCUT2D eigenvalue weighted by Gasteiger charge is -2.40. The number of anilines is 2. The summed E-state index contributed by atoms with van der Waals surface area (Å²) < 4.78 is 23.9. The Kier molecular flexibility index (Phi) is 5.37. The number of hydrogen-bond acceptors (Lipinski definition) is 6. The van der Waals surface area contributed by atoms with E-state index in [1.54, 1.807) is 24.3 Å². The summed E-state index contributed by atoms with van der Waals surface area (Å²) in [6, 6.07) is 9.07. The molecule has 162 valence electrons. The third-order valence-corrected chi connectivity index (χ3v) is 5.26. The van der Waals surface area contributed by atoms with Crippen LogP contribution < -0.4 is 20.7 Å². The lowest BCUT2D eigenvalue weighted by Crippen LogP contribution is -2.56. The van der Waals surface area contributed by atoms with Crippen LogP contribution in [-0.4, -0.2) is 54.5 Å². The molecule has 0 bridgehead atoms. The first-order chi connectivity index (χ1) is 14.9. The molecule has 31 heavy (non-hydrogen) atoms. The summed E-state index contributed by atoms with van der Waals surface area (Å²) in [4.78, 5) is 42.4. The highest BCUT2D eigenvalue weighted by molar-refractivity contribution is 6.39. The number of carbonyl (C=O) groups is 2. The summed E-state index contributed by atoms with van der Waals surface area (Å²) in [5.41, 5.74) is 1.80. The second kappa shape index (κ2) is 8.13. The predicted octanol–water partition coefficient (Wildman–Crippen LogP) is 1.94. The Balaban J connectivity index is 1.41. The molecule has 0 spiro atoms. The maximum atomic E-state index is 14.0. The molecule has 0 unspecified atom stereocenters. The van der Waals surface area contributed by atoms with Crippen molar-refractivity contribution in [2.45, 2.75) is 13.0 Å². The standard InChI is InChI=1S/C21H21FN4O5/c1-12-11-25(14-4-6-17(30-2)15(22)10-14)7-8-26(12)20(28)19(27)23-13-3-5-16-18(9-13)31-21(29)24-16/h3-6,9-10,12H,7-8,11H2,1-2H3,(H,23,27)(H,24,29)/t12-/m1/s1. The fraction of sp³-hybridized carbons (Fsp3) is 0.286. The lowest BCUT2D eigenvalue weighted by molar-refractivity contribution is -0.144. The van der Waals surface area contributed by atoms with Crippen LogP contribution in [0.3, 0.4) is 0 Å². The minimum atomic E-state index is -0.784. The van der Waals surface area contributed by atoms with Gasteiger partial charge in [0, 0.05) is 49.2 Å². The number of halogens is 1. The molecule has 0 saturated carbocycles. The van der Waals surface area contributed by atoms with Crippen molar-refractivity contribution >= 4 is 34.3 Å². The van der Waals surface area contributed by atoms with Crippen molar-refractivity contribution in [1.29, 1.82) is 0 Å². The highest BCUT2D eigenvalue weighted by atomic mass is 19.1. The number of methoxy groups -OCH3 is 1. The molecular formula is C21H21FN4O5. The highest BCUT2D eigenvalue weighted by Crippen LogP contribution is 2.25. The van der Waals surface area contributed by atoms with E-state index in [1.165, 1.54) is 24.1 Å². The minimum Gasteiger partial charge on any atom is -0.494 e. The van der Waals surface area contributed by atoms with E-state index in [1.807, 2.05) is 11.8 Å². The molecule has 2 N–H and O–H groups in total. The Bertz CT molecular complexity index is 1200. The molecule has 4 rings (SSSR count). The lowest BCUT2D eigenvalue weighted by atomic mass is 10.1. The van der Waals surface area contributed by atoms with Crippen molar-refractivity contribution in [2.24, 2.45) is 0 Å². The number of fused-ring (bicyclic) bond motifs is 1. The van der Waals surface area contributed by atoms with Gasteiger partial charge in [0.25, 0.3) is 0 Å². The number of hydrogen-bond donors (Lipinski definition) is 2. The van der Waals surface area contributed by atoms with E-state index in [9.17, 15) is 18.8 Å². The van der Waals surface area contributed by atoms with Crippen LogP contribution in [0.1, 0.15) is 6.92 Å². The van der Waals surface area contributed by atoms with Gasteiger partial charge in [-0.05, 0) is 31.2 Å². The fourth-order valence-electron chi connectivity index (χ4n) is 3.68. The van der Waals surface area contributed by atoms with Gasteiger partial charge in [-0.1, -0.05) is 0 Å². The zero-order chi connectivity index (χ0) is 22.1. The van der Waals surface area contributed by atoms with Crippen LogP contribution in [-0.2, 0) is 9.59 Å². The minimum absolute atomic E-state index is 0.166. The van der Waals surface area contributed by atoms with Gasteiger partial charge in [-0.15, -0.1) is 0 Å². The number of aromatic amines is 1. The van der Waals surface area contributed by atoms with Gasteiger partial charge in [0.05, 0.1) is 12.6 Å². The van der Waals surface area contributed by atoms with Crippen molar-refractivity contribution in [1.82, 2.24) is 9.88 Å². The zero-order valence-corrected chi connectivity index (χ0v) is 17.0. The van der Waals surface area contributed by atoms with Crippen LogP contribution in [0.15, 0.2) is 45.6 Å². The molecule has 3 aromatic rings. The maximum Gasteiger partial charge on any atom is 0.417 e. The van der Waals surface area contributed by atoms with Gasteiger partial charge in [-0.25, -0.2) is 9.18 Å². The first-order valence-corrected chi connectivity index (χ1v) is 9.69. The molecule has 1 aliphatic rings. The van der Waals surface area contributed by atoms with E-state index in [2.05, 4.69) is 10.3 Å². The third-order valence-electron chi connectivity index (χ3n) is 5.26. The molecule has 10 heteroatoms. The van der Waals surface area contributed by atoms with E-state index in [-0.39, 0.29) is 17.4 Å². The predicted molar refractivity (Wildman–Crippen MR) is 112 cm³/mol. The number of oxazole rings is 1. The van der Waals surface area contributed by atoms with Gasteiger partial charge in [0.2, 0.25) is 0 Å². The average molecular weight is 428 g/mol. The fourth-order valence-corrected chi connectivity index (χ4v) is 3.68. The molecule has 1 atom stereocenters. The number of benzene rings is 2. The normalized spacial score (nSPS) is 16.4. The average Bonchev–Trinajstić information content (AvgIpc) is 3.12. The van der Waals surface area contributed by atoms with Crippen LogP contribution in [0, 0.1) is 5.82 Å². The third kappa shape index (κ3) is 4.09. The Hall–Kier alpha value is -3.82. The number of carbonyl (C=O) groups excluding carboxylic acids is 2. The zero-order valence-electron chi connectivity index (χ0n) is 17.0. The van der Waals surface area contributed by atoms with Gasteiger partial charge in [0.1, 0.15) is 0 Å². The van der Waals surface area contributed by atoms with Gasteiger partial charge < -0.3 is 24.3 Å². The van der Waals surface area contributed by atoms with Crippen molar-refractivity contribution in [3.8, 4) is 5.75 Å². The number of amides is 2. The maximum absolute atomic E-state index is 14.0. The summed E-state index contributed by atoms with van der Waals surface area (Å²) >= 11 is 0. The molecule has 1 aromatic heterocycles. The molecule has 1 saturated heterocycles. The van der Waals surface area contributed by atoms with E-state index >= 15 is 0 Å². The van der Waals surface area contributed by atoms with Crippen LogP contribution >= 0.6 is 0 Å². The number of nitrogens with one attached hydrogen (secondary N) is 2. The number of H-pyrrole nitrogens is 1. The molecule has 2 amide bonds. The van der Waals surface area contributed by atoms with Gasteiger partial charge in [-0.2, -0.15) is 0 Å². The molecular weight excluding hydrogens is 407 g/mol. The van der Waals surface area contributed by atoms with Crippen molar-refractivity contribution in [3.05, 3.63) is 52.8 Å². The second-order valence-electron chi connectivity index (χ2n) is 7.29. The monoisotopic (exact) mass is 428 g/mol. The summed E-state index contributed by atoms with van der Waals surface area (Å²) in [5, 5.41) is 2.54. The Morgan fingerprint density at radius 3 is 2.74 bits per heavy atom. The SMILES string of the molecule is COc1ccc(N2CCN(C(=O)C(=O)Nc3ccc4[nH]c(=O)oc4c3)[C@H](C)C2)cc1F.